The van der Waals surface area contributed by atoms with E-state index in [1.165, 1.54) is 0 Å². The Hall–Kier alpha value is -1.95. The van der Waals surface area contributed by atoms with Crippen LogP contribution < -0.4 is 20.1 Å². The van der Waals surface area contributed by atoms with Crippen molar-refractivity contribution in [1.29, 1.82) is 0 Å². The molecular formula is C23H28Cl2N2O3. The number of benzene rings is 2. The summed E-state index contributed by atoms with van der Waals surface area (Å²) in [6.07, 6.45) is 2.53. The molecule has 1 saturated heterocycles. The summed E-state index contributed by atoms with van der Waals surface area (Å²) in [6, 6.07) is 8.92. The van der Waals surface area contributed by atoms with Crippen molar-refractivity contribution in [3.8, 4) is 17.2 Å². The summed E-state index contributed by atoms with van der Waals surface area (Å²) < 4.78 is 11.4. The first-order valence-electron chi connectivity index (χ1n) is 10.2. The number of rotatable bonds is 7. The number of amides is 1. The monoisotopic (exact) mass is 450 g/mol. The second-order valence-electron chi connectivity index (χ2n) is 7.88. The van der Waals surface area contributed by atoms with Crippen LogP contribution in [0.5, 0.6) is 17.2 Å². The van der Waals surface area contributed by atoms with Gasteiger partial charge < -0.3 is 20.1 Å². The van der Waals surface area contributed by atoms with E-state index in [0.29, 0.717) is 39.6 Å². The topological polar surface area (TPSA) is 59.6 Å². The summed E-state index contributed by atoms with van der Waals surface area (Å²) in [7, 11) is 1.65. The van der Waals surface area contributed by atoms with Crippen LogP contribution in [0.2, 0.25) is 10.0 Å². The fraction of sp³-hybridized carbons (Fsp3) is 0.435. The van der Waals surface area contributed by atoms with Gasteiger partial charge in [0.15, 0.2) is 5.75 Å². The molecule has 0 aromatic heterocycles. The molecule has 2 aromatic carbocycles. The number of piperidine rings is 1. The third-order valence-electron chi connectivity index (χ3n) is 5.26. The summed E-state index contributed by atoms with van der Waals surface area (Å²) in [5.74, 6) is 2.43. The number of carbonyl (C=O) groups is 1. The molecule has 1 aliphatic heterocycles. The van der Waals surface area contributed by atoms with Gasteiger partial charge in [0, 0.05) is 17.7 Å². The van der Waals surface area contributed by atoms with E-state index in [9.17, 15) is 4.79 Å². The van der Waals surface area contributed by atoms with Gasteiger partial charge in [0.05, 0.1) is 17.2 Å². The van der Waals surface area contributed by atoms with Gasteiger partial charge in [0.1, 0.15) is 11.5 Å². The Morgan fingerprint density at radius 1 is 1.17 bits per heavy atom. The van der Waals surface area contributed by atoms with Crippen LogP contribution in [0.25, 0.3) is 0 Å². The standard InChI is InChI=1S/C23H28Cl2N2O3/c1-14(2)18-13-17(4-5-21(18)29-3)30-23-19(24)11-16(12-20(23)25)27-22(28)10-15-6-8-26-9-7-15/h4-5,11-15,26H,6-10H2,1-3H3,(H,27,28). The maximum Gasteiger partial charge on any atom is 0.224 e. The van der Waals surface area contributed by atoms with Crippen molar-refractivity contribution in [2.24, 2.45) is 5.92 Å². The molecule has 0 atom stereocenters. The SMILES string of the molecule is COc1ccc(Oc2c(Cl)cc(NC(=O)CC3CCNCC3)cc2Cl)cc1C(C)C. The molecule has 0 aliphatic carbocycles. The molecule has 7 heteroatoms. The summed E-state index contributed by atoms with van der Waals surface area (Å²) in [5.41, 5.74) is 1.60. The van der Waals surface area contributed by atoms with Crippen molar-refractivity contribution < 1.29 is 14.3 Å². The Balaban J connectivity index is 1.71. The molecular weight excluding hydrogens is 423 g/mol. The minimum atomic E-state index is -0.0283. The van der Waals surface area contributed by atoms with Crippen LogP contribution in [0.4, 0.5) is 5.69 Å². The average molecular weight is 451 g/mol. The maximum atomic E-state index is 12.4. The Bertz CT molecular complexity index is 873. The molecule has 0 radical (unpaired) electrons. The average Bonchev–Trinajstić information content (AvgIpc) is 2.71. The normalized spacial score (nSPS) is 14.6. The van der Waals surface area contributed by atoms with E-state index < -0.39 is 0 Å². The van der Waals surface area contributed by atoms with Crippen molar-refractivity contribution in [2.45, 2.75) is 39.0 Å². The molecule has 0 bridgehead atoms. The van der Waals surface area contributed by atoms with Gasteiger partial charge in [-0.25, -0.2) is 0 Å². The van der Waals surface area contributed by atoms with Crippen LogP contribution >= 0.6 is 23.2 Å². The number of carbonyl (C=O) groups excluding carboxylic acids is 1. The zero-order valence-corrected chi connectivity index (χ0v) is 19.1. The van der Waals surface area contributed by atoms with Gasteiger partial charge in [-0.2, -0.15) is 0 Å². The number of methoxy groups -OCH3 is 1. The number of anilines is 1. The minimum Gasteiger partial charge on any atom is -0.496 e. The van der Waals surface area contributed by atoms with Crippen LogP contribution in [0.1, 0.15) is 44.6 Å². The first kappa shape index (κ1) is 22.7. The third kappa shape index (κ3) is 5.81. The second kappa shape index (κ2) is 10.4. The van der Waals surface area contributed by atoms with Gasteiger partial charge in [-0.3, -0.25) is 4.79 Å². The molecule has 5 nitrogen and oxygen atoms in total. The van der Waals surface area contributed by atoms with Crippen molar-refractivity contribution in [3.05, 3.63) is 45.9 Å². The molecule has 162 valence electrons. The maximum absolute atomic E-state index is 12.4. The summed E-state index contributed by atoms with van der Waals surface area (Å²) in [4.78, 5) is 12.4. The first-order chi connectivity index (χ1) is 14.4. The zero-order valence-electron chi connectivity index (χ0n) is 17.6. The highest BCUT2D eigenvalue weighted by Crippen LogP contribution is 2.40. The lowest BCUT2D eigenvalue weighted by atomic mass is 9.94. The van der Waals surface area contributed by atoms with E-state index >= 15 is 0 Å². The van der Waals surface area contributed by atoms with E-state index in [-0.39, 0.29) is 11.8 Å². The van der Waals surface area contributed by atoms with Gasteiger partial charge in [0.2, 0.25) is 5.91 Å². The molecule has 3 rings (SSSR count). The lowest BCUT2D eigenvalue weighted by Gasteiger charge is -2.22. The quantitative estimate of drug-likeness (QED) is 0.523. The molecule has 0 saturated carbocycles. The molecule has 1 aliphatic rings. The van der Waals surface area contributed by atoms with Gasteiger partial charge in [-0.15, -0.1) is 0 Å². The number of hydrogen-bond donors (Lipinski definition) is 2. The van der Waals surface area contributed by atoms with E-state index in [2.05, 4.69) is 24.5 Å². The van der Waals surface area contributed by atoms with E-state index in [1.807, 2.05) is 18.2 Å². The fourth-order valence-corrected chi connectivity index (χ4v) is 4.20. The van der Waals surface area contributed by atoms with Crippen LogP contribution in [-0.2, 0) is 4.79 Å². The van der Waals surface area contributed by atoms with Crippen LogP contribution in [-0.4, -0.2) is 26.1 Å². The first-order valence-corrected chi connectivity index (χ1v) is 11.0. The molecule has 0 unspecified atom stereocenters. The van der Waals surface area contributed by atoms with Crippen molar-refractivity contribution in [1.82, 2.24) is 5.32 Å². The van der Waals surface area contributed by atoms with Gasteiger partial charge in [-0.05, 0) is 68.1 Å². The highest BCUT2D eigenvalue weighted by molar-refractivity contribution is 6.37. The van der Waals surface area contributed by atoms with E-state index in [1.54, 1.807) is 19.2 Å². The summed E-state index contributed by atoms with van der Waals surface area (Å²) >= 11 is 12.9. The summed E-state index contributed by atoms with van der Waals surface area (Å²) in [6.45, 7) is 6.10. The lowest BCUT2D eigenvalue weighted by Crippen LogP contribution is -2.30. The fourth-order valence-electron chi connectivity index (χ4n) is 3.63. The predicted octanol–water partition coefficient (Wildman–Crippen LogP) is 6.25. The Labute approximate surface area is 188 Å². The van der Waals surface area contributed by atoms with Crippen molar-refractivity contribution in [3.63, 3.8) is 0 Å². The lowest BCUT2D eigenvalue weighted by molar-refractivity contribution is -0.117. The van der Waals surface area contributed by atoms with Crippen LogP contribution in [0.3, 0.4) is 0 Å². The largest absolute Gasteiger partial charge is 0.496 e. The third-order valence-corrected chi connectivity index (χ3v) is 5.82. The van der Waals surface area contributed by atoms with Gasteiger partial charge in [-0.1, -0.05) is 37.0 Å². The van der Waals surface area contributed by atoms with Crippen LogP contribution in [0.15, 0.2) is 30.3 Å². The highest BCUT2D eigenvalue weighted by atomic mass is 35.5. The molecule has 2 N–H and O–H groups in total. The van der Waals surface area contributed by atoms with Crippen LogP contribution in [0, 0.1) is 5.92 Å². The Morgan fingerprint density at radius 3 is 2.43 bits per heavy atom. The zero-order chi connectivity index (χ0) is 21.7. The highest BCUT2D eigenvalue weighted by Gasteiger charge is 2.18. The number of nitrogens with one attached hydrogen (secondary N) is 2. The van der Waals surface area contributed by atoms with Gasteiger partial charge >= 0.3 is 0 Å². The van der Waals surface area contributed by atoms with Crippen molar-refractivity contribution >= 4 is 34.8 Å². The number of halogens is 2. The van der Waals surface area contributed by atoms with Gasteiger partial charge in [0.25, 0.3) is 0 Å². The molecule has 30 heavy (non-hydrogen) atoms. The van der Waals surface area contributed by atoms with Crippen molar-refractivity contribution in [2.75, 3.05) is 25.5 Å². The molecule has 0 spiro atoms. The molecule has 1 heterocycles. The Morgan fingerprint density at radius 2 is 1.83 bits per heavy atom. The molecule has 2 aromatic rings. The Kier molecular flexibility index (Phi) is 7.87. The molecule has 1 fully saturated rings. The van der Waals surface area contributed by atoms with E-state index in [4.69, 9.17) is 32.7 Å². The van der Waals surface area contributed by atoms with E-state index in [0.717, 1.165) is 37.2 Å². The number of hydrogen-bond acceptors (Lipinski definition) is 4. The summed E-state index contributed by atoms with van der Waals surface area (Å²) in [5, 5.41) is 6.88. The predicted molar refractivity (Wildman–Crippen MR) is 122 cm³/mol. The smallest absolute Gasteiger partial charge is 0.224 e. The second-order valence-corrected chi connectivity index (χ2v) is 8.69. The molecule has 1 amide bonds. The minimum absolute atomic E-state index is 0.0283. The number of ether oxygens (including phenoxy) is 2.